The van der Waals surface area contributed by atoms with Crippen molar-refractivity contribution in [2.45, 2.75) is 104 Å². The molecule has 0 radical (unpaired) electrons. The van der Waals surface area contributed by atoms with Gasteiger partial charge in [0.25, 0.3) is 0 Å². The standard InChI is InChI=1S/C34H51N3O2/c1-23(5-10-32(39)36-19-20-37(24(2)22-36)26-13-17-35-18-14-26)29-8-9-30-28-7-6-25-21-27(38)11-15-33(25,3)31(28)12-16-34(29,30)4/h6,13-14,17-18,23-24,27-31,38H,5,7-12,15-16,19-22H2,1-4H3/t23-,24?,27+,28+,29-,30+,31+,33+,34-/m1/s1. The second-order valence-corrected chi connectivity index (χ2v) is 14.5. The SMILES string of the molecule is CC1CN(C(=O)CC[C@@H](C)[C@H]2CC[C@H]3[C@@H]4CC=C5C[C@@H](O)CC[C@]5(C)[C@H]4CC[C@]23C)CCN1c1ccncc1. The number of anilines is 1. The van der Waals surface area contributed by atoms with Gasteiger partial charge in [-0.15, -0.1) is 0 Å². The lowest BCUT2D eigenvalue weighted by Gasteiger charge is -2.58. The minimum Gasteiger partial charge on any atom is -0.393 e. The quantitative estimate of drug-likeness (QED) is 0.441. The zero-order valence-electron chi connectivity index (χ0n) is 24.8. The fraction of sp³-hybridized carbons (Fsp3) is 0.765. The van der Waals surface area contributed by atoms with E-state index in [9.17, 15) is 9.90 Å². The van der Waals surface area contributed by atoms with Gasteiger partial charge in [-0.25, -0.2) is 0 Å². The molecular formula is C34H51N3O2. The topological polar surface area (TPSA) is 56.7 Å². The van der Waals surface area contributed by atoms with Crippen LogP contribution in [0.25, 0.3) is 0 Å². The van der Waals surface area contributed by atoms with E-state index < -0.39 is 0 Å². The summed E-state index contributed by atoms with van der Waals surface area (Å²) in [5, 5.41) is 10.3. The first kappa shape index (κ1) is 27.3. The van der Waals surface area contributed by atoms with Gasteiger partial charge in [-0.3, -0.25) is 9.78 Å². The van der Waals surface area contributed by atoms with E-state index in [1.807, 2.05) is 12.4 Å². The Bertz CT molecular complexity index is 1070. The van der Waals surface area contributed by atoms with Gasteiger partial charge in [-0.2, -0.15) is 0 Å². The van der Waals surface area contributed by atoms with E-state index >= 15 is 0 Å². The van der Waals surface area contributed by atoms with Crippen LogP contribution in [0.2, 0.25) is 0 Å². The molecule has 1 unspecified atom stereocenters. The lowest BCUT2D eigenvalue weighted by Crippen LogP contribution is -2.53. The molecule has 2 heterocycles. The van der Waals surface area contributed by atoms with Crippen LogP contribution in [0.3, 0.4) is 0 Å². The molecule has 5 heteroatoms. The van der Waals surface area contributed by atoms with Gasteiger partial charge in [0.15, 0.2) is 0 Å². The van der Waals surface area contributed by atoms with Crippen molar-refractivity contribution in [3.8, 4) is 0 Å². The van der Waals surface area contributed by atoms with Crippen LogP contribution in [0.1, 0.15) is 91.9 Å². The van der Waals surface area contributed by atoms with Crippen LogP contribution in [-0.4, -0.2) is 52.7 Å². The lowest BCUT2D eigenvalue weighted by molar-refractivity contribution is -0.132. The van der Waals surface area contributed by atoms with E-state index in [0.717, 1.165) is 62.6 Å². The molecule has 1 N–H and O–H groups in total. The fourth-order valence-corrected chi connectivity index (χ4v) is 10.4. The molecule has 4 aliphatic carbocycles. The second-order valence-electron chi connectivity index (χ2n) is 14.5. The van der Waals surface area contributed by atoms with Crippen LogP contribution in [0.4, 0.5) is 5.69 Å². The van der Waals surface area contributed by atoms with Gasteiger partial charge in [0.05, 0.1) is 6.10 Å². The van der Waals surface area contributed by atoms with Crippen LogP contribution in [0.15, 0.2) is 36.2 Å². The number of piperazine rings is 1. The lowest BCUT2D eigenvalue weighted by atomic mass is 9.47. The molecule has 0 spiro atoms. The van der Waals surface area contributed by atoms with Gasteiger partial charge in [-0.1, -0.05) is 32.4 Å². The minimum atomic E-state index is -0.123. The van der Waals surface area contributed by atoms with E-state index in [-0.39, 0.29) is 6.10 Å². The minimum absolute atomic E-state index is 0.123. The van der Waals surface area contributed by atoms with Crippen LogP contribution in [0, 0.1) is 40.4 Å². The van der Waals surface area contributed by atoms with Crippen molar-refractivity contribution in [1.29, 1.82) is 0 Å². The van der Waals surface area contributed by atoms with Crippen LogP contribution < -0.4 is 4.90 Å². The zero-order chi connectivity index (χ0) is 27.4. The predicted molar refractivity (Wildman–Crippen MR) is 157 cm³/mol. The van der Waals surface area contributed by atoms with Gasteiger partial charge >= 0.3 is 0 Å². The maximum atomic E-state index is 13.3. The van der Waals surface area contributed by atoms with Crippen molar-refractivity contribution in [3.05, 3.63) is 36.2 Å². The van der Waals surface area contributed by atoms with Gasteiger partial charge < -0.3 is 14.9 Å². The monoisotopic (exact) mass is 533 g/mol. The molecule has 3 saturated carbocycles. The Hall–Kier alpha value is -1.88. The Labute approximate surface area is 236 Å². The molecule has 1 aromatic rings. The van der Waals surface area contributed by atoms with Gasteiger partial charge in [0.2, 0.25) is 5.91 Å². The number of aliphatic hydroxyl groups is 1. The highest BCUT2D eigenvalue weighted by Crippen LogP contribution is 2.67. The summed E-state index contributed by atoms with van der Waals surface area (Å²) < 4.78 is 0. The van der Waals surface area contributed by atoms with Crippen LogP contribution in [-0.2, 0) is 4.79 Å². The molecule has 9 atom stereocenters. The number of aliphatic hydroxyl groups excluding tert-OH is 1. The fourth-order valence-electron chi connectivity index (χ4n) is 10.4. The highest BCUT2D eigenvalue weighted by Gasteiger charge is 2.59. The van der Waals surface area contributed by atoms with E-state index in [2.05, 4.69) is 60.7 Å². The Kier molecular flexibility index (Phi) is 7.35. The molecule has 4 fully saturated rings. The van der Waals surface area contributed by atoms with Crippen molar-refractivity contribution >= 4 is 11.6 Å². The Morgan fingerprint density at radius 1 is 1.10 bits per heavy atom. The zero-order valence-corrected chi connectivity index (χ0v) is 24.8. The van der Waals surface area contributed by atoms with Crippen molar-refractivity contribution in [3.63, 3.8) is 0 Å². The molecule has 5 aliphatic rings. The third-order valence-electron chi connectivity index (χ3n) is 12.6. The third kappa shape index (κ3) is 4.75. The largest absolute Gasteiger partial charge is 0.393 e. The molecule has 1 amide bonds. The number of hydrogen-bond acceptors (Lipinski definition) is 4. The number of fused-ring (bicyclic) bond motifs is 5. The number of carbonyl (C=O) groups is 1. The number of hydrogen-bond donors (Lipinski definition) is 1. The number of rotatable bonds is 5. The first-order valence-corrected chi connectivity index (χ1v) is 16.0. The number of carbonyl (C=O) groups excluding carboxylic acids is 1. The molecule has 6 rings (SSSR count). The highest BCUT2D eigenvalue weighted by molar-refractivity contribution is 5.76. The number of nitrogens with zero attached hydrogens (tertiary/aromatic N) is 3. The number of pyridine rings is 1. The smallest absolute Gasteiger partial charge is 0.222 e. The third-order valence-corrected chi connectivity index (χ3v) is 12.6. The molecule has 0 bridgehead atoms. The number of allylic oxidation sites excluding steroid dienone is 1. The van der Waals surface area contributed by atoms with Gasteiger partial charge in [0.1, 0.15) is 0 Å². The second kappa shape index (κ2) is 10.5. The number of aromatic nitrogens is 1. The van der Waals surface area contributed by atoms with Crippen molar-refractivity contribution < 1.29 is 9.90 Å². The molecule has 1 aromatic heterocycles. The Morgan fingerprint density at radius 3 is 2.67 bits per heavy atom. The first-order valence-electron chi connectivity index (χ1n) is 16.0. The van der Waals surface area contributed by atoms with E-state index in [1.165, 1.54) is 44.2 Å². The summed E-state index contributed by atoms with van der Waals surface area (Å²) in [4.78, 5) is 22.0. The molecule has 5 nitrogen and oxygen atoms in total. The Morgan fingerprint density at radius 2 is 1.90 bits per heavy atom. The summed E-state index contributed by atoms with van der Waals surface area (Å²) in [5.74, 6) is 4.12. The van der Waals surface area contributed by atoms with Crippen molar-refractivity contribution in [2.75, 3.05) is 24.5 Å². The molecule has 1 saturated heterocycles. The maximum Gasteiger partial charge on any atom is 0.222 e. The molecule has 1 aliphatic heterocycles. The van der Waals surface area contributed by atoms with Crippen molar-refractivity contribution in [2.24, 2.45) is 40.4 Å². The van der Waals surface area contributed by atoms with E-state index in [0.29, 0.717) is 35.1 Å². The average Bonchev–Trinajstić information content (AvgIpc) is 3.29. The van der Waals surface area contributed by atoms with E-state index in [4.69, 9.17) is 0 Å². The molecule has 214 valence electrons. The molecule has 0 aromatic carbocycles. The normalized spacial score (nSPS) is 40.8. The Balaban J connectivity index is 1.05. The summed E-state index contributed by atoms with van der Waals surface area (Å²) in [5.41, 5.74) is 3.52. The summed E-state index contributed by atoms with van der Waals surface area (Å²) in [6.07, 6.45) is 17.6. The van der Waals surface area contributed by atoms with E-state index in [1.54, 1.807) is 5.57 Å². The van der Waals surface area contributed by atoms with Gasteiger partial charge in [0, 0.05) is 50.2 Å². The summed E-state index contributed by atoms with van der Waals surface area (Å²) in [6.45, 7) is 12.4. The highest BCUT2D eigenvalue weighted by atomic mass is 16.3. The summed E-state index contributed by atoms with van der Waals surface area (Å²) >= 11 is 0. The number of amides is 1. The maximum absolute atomic E-state index is 13.3. The molecule has 39 heavy (non-hydrogen) atoms. The van der Waals surface area contributed by atoms with Crippen LogP contribution in [0.5, 0.6) is 0 Å². The van der Waals surface area contributed by atoms with Crippen LogP contribution >= 0.6 is 0 Å². The summed E-state index contributed by atoms with van der Waals surface area (Å²) in [6, 6.07) is 4.47. The average molecular weight is 534 g/mol. The molecular weight excluding hydrogens is 482 g/mol. The van der Waals surface area contributed by atoms with Gasteiger partial charge in [-0.05, 0) is 117 Å². The summed E-state index contributed by atoms with van der Waals surface area (Å²) in [7, 11) is 0. The first-order chi connectivity index (χ1) is 18.7. The predicted octanol–water partition coefficient (Wildman–Crippen LogP) is 6.47. The van der Waals surface area contributed by atoms with Crippen molar-refractivity contribution in [1.82, 2.24) is 9.88 Å².